The van der Waals surface area contributed by atoms with E-state index in [0.29, 0.717) is 27.5 Å². The maximum Gasteiger partial charge on any atom is 0.235 e. The van der Waals surface area contributed by atoms with Gasteiger partial charge in [0.1, 0.15) is 16.9 Å². The van der Waals surface area contributed by atoms with Crippen LogP contribution < -0.4 is 10.2 Å². The zero-order valence-electron chi connectivity index (χ0n) is 12.2. The van der Waals surface area contributed by atoms with Crippen molar-refractivity contribution in [1.29, 1.82) is 0 Å². The second kappa shape index (κ2) is 4.91. The summed E-state index contributed by atoms with van der Waals surface area (Å²) < 4.78 is 16.6. The topological polar surface area (TPSA) is 72.8 Å². The average Bonchev–Trinajstić information content (AvgIpc) is 3.03. The number of phenolic OH excluding ortho intramolecular Hbond substituents is 1. The second-order valence-corrected chi connectivity index (χ2v) is 5.12. The molecular formula is C18H12O5. The van der Waals surface area contributed by atoms with Crippen LogP contribution in [0.15, 0.2) is 62.4 Å². The first-order chi connectivity index (χ1) is 11.2. The van der Waals surface area contributed by atoms with Gasteiger partial charge in [0.2, 0.25) is 11.2 Å². The highest BCUT2D eigenvalue weighted by molar-refractivity contribution is 6.02. The minimum Gasteiger partial charge on any atom is -0.508 e. The maximum absolute atomic E-state index is 12.7. The van der Waals surface area contributed by atoms with Crippen LogP contribution in [0.4, 0.5) is 0 Å². The second-order valence-electron chi connectivity index (χ2n) is 5.12. The molecule has 2 aromatic carbocycles. The highest BCUT2D eigenvalue weighted by Crippen LogP contribution is 2.34. The summed E-state index contributed by atoms with van der Waals surface area (Å²) in [6, 6.07) is 11.6. The Morgan fingerprint density at radius 3 is 2.74 bits per heavy atom. The van der Waals surface area contributed by atoms with Crippen molar-refractivity contribution >= 4 is 21.9 Å². The Morgan fingerprint density at radius 1 is 1.09 bits per heavy atom. The lowest BCUT2D eigenvalue weighted by atomic mass is 10.1. The van der Waals surface area contributed by atoms with Gasteiger partial charge in [-0.2, -0.15) is 0 Å². The number of methoxy groups -OCH3 is 1. The number of phenols is 1. The van der Waals surface area contributed by atoms with Crippen molar-refractivity contribution in [3.63, 3.8) is 0 Å². The van der Waals surface area contributed by atoms with Crippen LogP contribution in [0.3, 0.4) is 0 Å². The molecule has 5 heteroatoms. The molecule has 0 bridgehead atoms. The molecular weight excluding hydrogens is 296 g/mol. The molecule has 0 atom stereocenters. The van der Waals surface area contributed by atoms with Crippen LogP contribution >= 0.6 is 0 Å². The number of furan rings is 1. The Hall–Kier alpha value is -3.21. The fourth-order valence-corrected chi connectivity index (χ4v) is 2.70. The zero-order chi connectivity index (χ0) is 16.0. The molecule has 23 heavy (non-hydrogen) atoms. The highest BCUT2D eigenvalue weighted by Gasteiger charge is 2.19. The van der Waals surface area contributed by atoms with E-state index in [2.05, 4.69) is 0 Å². The number of fused-ring (bicyclic) bond motifs is 3. The molecule has 0 saturated carbocycles. The normalized spacial score (nSPS) is 11.2. The largest absolute Gasteiger partial charge is 0.508 e. The Labute approximate surface area is 130 Å². The van der Waals surface area contributed by atoms with Crippen molar-refractivity contribution < 1.29 is 18.7 Å². The molecule has 0 saturated heterocycles. The monoisotopic (exact) mass is 308 g/mol. The number of hydrogen-bond donors (Lipinski definition) is 1. The fraction of sp³-hybridized carbons (Fsp3) is 0.0556. The third kappa shape index (κ3) is 1.97. The minimum atomic E-state index is -0.268. The van der Waals surface area contributed by atoms with E-state index in [1.807, 2.05) is 0 Å². The minimum absolute atomic E-state index is 0.0776. The van der Waals surface area contributed by atoms with Crippen molar-refractivity contribution in [2.45, 2.75) is 0 Å². The van der Waals surface area contributed by atoms with Crippen molar-refractivity contribution in [3.8, 4) is 22.8 Å². The van der Waals surface area contributed by atoms with Gasteiger partial charge in [0.25, 0.3) is 0 Å². The summed E-state index contributed by atoms with van der Waals surface area (Å²) in [5.74, 6) is 0.453. The maximum atomic E-state index is 12.7. The molecule has 0 radical (unpaired) electrons. The fourth-order valence-electron chi connectivity index (χ4n) is 2.70. The molecule has 4 aromatic rings. The van der Waals surface area contributed by atoms with E-state index < -0.39 is 0 Å². The first-order valence-electron chi connectivity index (χ1n) is 6.99. The van der Waals surface area contributed by atoms with Crippen LogP contribution in [0, 0.1) is 0 Å². The molecule has 0 aliphatic rings. The number of ether oxygens (including phenoxy) is 1. The third-order valence-electron chi connectivity index (χ3n) is 3.76. The smallest absolute Gasteiger partial charge is 0.235 e. The average molecular weight is 308 g/mol. The summed E-state index contributed by atoms with van der Waals surface area (Å²) >= 11 is 0. The Balaban J connectivity index is 2.16. The van der Waals surface area contributed by atoms with Crippen molar-refractivity contribution in [2.75, 3.05) is 7.11 Å². The molecule has 114 valence electrons. The van der Waals surface area contributed by atoms with E-state index in [4.69, 9.17) is 13.6 Å². The number of aromatic hydroxyl groups is 1. The lowest BCUT2D eigenvalue weighted by Gasteiger charge is -2.09. The summed E-state index contributed by atoms with van der Waals surface area (Å²) in [7, 11) is 1.42. The van der Waals surface area contributed by atoms with E-state index in [1.165, 1.54) is 13.2 Å². The number of hydrogen-bond acceptors (Lipinski definition) is 5. The van der Waals surface area contributed by atoms with Gasteiger partial charge < -0.3 is 18.7 Å². The van der Waals surface area contributed by atoms with E-state index >= 15 is 0 Å². The van der Waals surface area contributed by atoms with Gasteiger partial charge in [-0.3, -0.25) is 4.79 Å². The van der Waals surface area contributed by atoms with Crippen LogP contribution in [-0.4, -0.2) is 12.2 Å². The van der Waals surface area contributed by atoms with Gasteiger partial charge in [-0.1, -0.05) is 12.1 Å². The number of benzene rings is 2. The third-order valence-corrected chi connectivity index (χ3v) is 3.76. The summed E-state index contributed by atoms with van der Waals surface area (Å²) in [6.45, 7) is 0. The molecule has 0 spiro atoms. The SMILES string of the molecule is COc1c(-c2cccc(O)c2)oc2c(ccc3occc32)c1=O. The molecule has 4 rings (SSSR count). The van der Waals surface area contributed by atoms with Crippen LogP contribution in [-0.2, 0) is 0 Å². The molecule has 1 N–H and O–H groups in total. The predicted octanol–water partition coefficient (Wildman–Crippen LogP) is 3.92. The molecule has 0 aliphatic carbocycles. The van der Waals surface area contributed by atoms with Gasteiger partial charge in [0.05, 0.1) is 24.1 Å². The van der Waals surface area contributed by atoms with Crippen molar-refractivity contribution in [2.24, 2.45) is 0 Å². The van der Waals surface area contributed by atoms with E-state index in [0.717, 1.165) is 0 Å². The summed E-state index contributed by atoms with van der Waals surface area (Å²) in [5.41, 5.74) is 1.35. The van der Waals surface area contributed by atoms with Gasteiger partial charge in [0.15, 0.2) is 5.76 Å². The molecule has 0 unspecified atom stereocenters. The summed E-state index contributed by atoms with van der Waals surface area (Å²) in [4.78, 5) is 12.7. The summed E-state index contributed by atoms with van der Waals surface area (Å²) in [6.07, 6.45) is 1.54. The van der Waals surface area contributed by atoms with E-state index in [-0.39, 0.29) is 22.7 Å². The molecule has 0 aliphatic heterocycles. The van der Waals surface area contributed by atoms with Gasteiger partial charge in [-0.05, 0) is 30.3 Å². The van der Waals surface area contributed by atoms with Crippen LogP contribution in [0.5, 0.6) is 11.5 Å². The molecule has 2 heterocycles. The van der Waals surface area contributed by atoms with Crippen molar-refractivity contribution in [3.05, 3.63) is 59.0 Å². The van der Waals surface area contributed by atoms with Gasteiger partial charge in [0, 0.05) is 5.56 Å². The zero-order valence-corrected chi connectivity index (χ0v) is 12.2. The highest BCUT2D eigenvalue weighted by atomic mass is 16.5. The standard InChI is InChI=1S/C18H12O5/c1-21-18-15(20)13-5-6-14-12(7-8-22-14)17(13)23-16(18)10-3-2-4-11(19)9-10/h2-9,19H,1H3. The van der Waals surface area contributed by atoms with Crippen molar-refractivity contribution in [1.82, 2.24) is 0 Å². The molecule has 0 amide bonds. The Kier molecular flexibility index (Phi) is 2.87. The lowest BCUT2D eigenvalue weighted by molar-refractivity contribution is 0.399. The molecule has 2 aromatic heterocycles. The first-order valence-corrected chi connectivity index (χ1v) is 6.99. The molecule has 0 fully saturated rings. The number of rotatable bonds is 2. The molecule has 5 nitrogen and oxygen atoms in total. The van der Waals surface area contributed by atoms with E-state index in [1.54, 1.807) is 42.7 Å². The lowest BCUT2D eigenvalue weighted by Crippen LogP contribution is -2.07. The van der Waals surface area contributed by atoms with E-state index in [9.17, 15) is 9.90 Å². The predicted molar refractivity (Wildman–Crippen MR) is 85.9 cm³/mol. The van der Waals surface area contributed by atoms with Crippen LogP contribution in [0.1, 0.15) is 0 Å². The van der Waals surface area contributed by atoms with Gasteiger partial charge in [-0.25, -0.2) is 0 Å². The summed E-state index contributed by atoms with van der Waals surface area (Å²) in [5, 5.41) is 10.8. The first kappa shape index (κ1) is 13.5. The Bertz CT molecular complexity index is 1090. The van der Waals surface area contributed by atoms with Gasteiger partial charge >= 0.3 is 0 Å². The van der Waals surface area contributed by atoms with Gasteiger partial charge in [-0.15, -0.1) is 0 Å². The van der Waals surface area contributed by atoms with Crippen LogP contribution in [0.25, 0.3) is 33.3 Å². The van der Waals surface area contributed by atoms with Crippen LogP contribution in [0.2, 0.25) is 0 Å². The Morgan fingerprint density at radius 2 is 1.96 bits per heavy atom. The quantitative estimate of drug-likeness (QED) is 0.607.